The van der Waals surface area contributed by atoms with Crippen LogP contribution in [0.25, 0.3) is 10.2 Å². The number of rotatable bonds is 4. The second-order valence-corrected chi connectivity index (χ2v) is 8.69. The molecule has 6 nitrogen and oxygen atoms in total. The maximum atomic E-state index is 12.2. The molecule has 0 unspecified atom stereocenters. The number of imide groups is 1. The van der Waals surface area contributed by atoms with Crippen molar-refractivity contribution in [3.05, 3.63) is 24.3 Å². The predicted octanol–water partition coefficient (Wildman–Crippen LogP) is 2.29. The number of para-hydroxylation sites is 1. The number of thioether (sulfide) groups is 2. The molecule has 3 amide bonds. The molecule has 24 heavy (non-hydrogen) atoms. The summed E-state index contributed by atoms with van der Waals surface area (Å²) in [4.78, 5) is 43.0. The van der Waals surface area contributed by atoms with Gasteiger partial charge in [0.1, 0.15) is 0 Å². The van der Waals surface area contributed by atoms with Crippen molar-refractivity contribution in [1.82, 2.24) is 14.8 Å². The van der Waals surface area contributed by atoms with Gasteiger partial charge in [0.15, 0.2) is 4.34 Å². The molecule has 2 aliphatic rings. The van der Waals surface area contributed by atoms with E-state index >= 15 is 0 Å². The standard InChI is InChI=1S/C15H13N3O3S3/c19-12(7-22-14-16-10-3-1-2-4-11(10)24-14)17-5-9(6-17)18-13(20)8-23-15(18)21/h1-4,9H,5-8H2. The van der Waals surface area contributed by atoms with Crippen molar-refractivity contribution in [3.63, 3.8) is 0 Å². The van der Waals surface area contributed by atoms with Gasteiger partial charge in [-0.25, -0.2) is 4.98 Å². The number of carbonyl (C=O) groups excluding carboxylic acids is 3. The third kappa shape index (κ3) is 2.91. The maximum absolute atomic E-state index is 12.2. The largest absolute Gasteiger partial charge is 0.338 e. The highest BCUT2D eigenvalue weighted by Crippen LogP contribution is 2.30. The molecule has 1 aromatic heterocycles. The number of carbonyl (C=O) groups is 3. The Bertz CT molecular complexity index is 782. The van der Waals surface area contributed by atoms with Crippen LogP contribution < -0.4 is 0 Å². The third-order valence-corrected chi connectivity index (χ3v) is 6.96. The van der Waals surface area contributed by atoms with Gasteiger partial charge in [-0.1, -0.05) is 35.7 Å². The molecule has 0 radical (unpaired) electrons. The van der Waals surface area contributed by atoms with Gasteiger partial charge in [-0.3, -0.25) is 19.3 Å². The highest BCUT2D eigenvalue weighted by Gasteiger charge is 2.43. The summed E-state index contributed by atoms with van der Waals surface area (Å²) in [6.07, 6.45) is 0. The predicted molar refractivity (Wildman–Crippen MR) is 95.4 cm³/mol. The first kappa shape index (κ1) is 15.9. The van der Waals surface area contributed by atoms with Crippen LogP contribution in [0.15, 0.2) is 28.6 Å². The smallest absolute Gasteiger partial charge is 0.289 e. The molecular formula is C15H13N3O3S3. The van der Waals surface area contributed by atoms with Crippen molar-refractivity contribution < 1.29 is 14.4 Å². The number of nitrogens with zero attached hydrogens (tertiary/aromatic N) is 3. The van der Waals surface area contributed by atoms with Crippen LogP contribution in [-0.4, -0.2) is 62.5 Å². The van der Waals surface area contributed by atoms with Crippen LogP contribution >= 0.6 is 34.9 Å². The molecule has 124 valence electrons. The SMILES string of the molecule is O=C(CSc1nc2ccccc2s1)N1CC(N2C(=O)CSC2=O)C1. The van der Waals surface area contributed by atoms with E-state index in [-0.39, 0.29) is 28.8 Å². The van der Waals surface area contributed by atoms with Gasteiger partial charge < -0.3 is 4.90 Å². The zero-order valence-electron chi connectivity index (χ0n) is 12.5. The summed E-state index contributed by atoms with van der Waals surface area (Å²) in [5.41, 5.74) is 0.949. The number of aromatic nitrogens is 1. The number of hydrogen-bond acceptors (Lipinski definition) is 7. The van der Waals surface area contributed by atoms with E-state index in [0.717, 1.165) is 26.3 Å². The number of benzene rings is 1. The Morgan fingerprint density at radius 2 is 2.08 bits per heavy atom. The molecule has 0 bridgehead atoms. The van der Waals surface area contributed by atoms with Crippen LogP contribution in [0.5, 0.6) is 0 Å². The highest BCUT2D eigenvalue weighted by molar-refractivity contribution is 8.14. The summed E-state index contributed by atoms with van der Waals surface area (Å²) in [5, 5.41) is -0.194. The topological polar surface area (TPSA) is 70.6 Å². The molecule has 0 aliphatic carbocycles. The van der Waals surface area contributed by atoms with Gasteiger partial charge in [0, 0.05) is 13.1 Å². The Morgan fingerprint density at radius 3 is 2.79 bits per heavy atom. The molecule has 4 rings (SSSR count). The zero-order chi connectivity index (χ0) is 16.7. The fourth-order valence-corrected chi connectivity index (χ4v) is 5.41. The highest BCUT2D eigenvalue weighted by atomic mass is 32.2. The van der Waals surface area contributed by atoms with Crippen molar-refractivity contribution in [2.75, 3.05) is 24.6 Å². The molecule has 2 saturated heterocycles. The lowest BCUT2D eigenvalue weighted by Gasteiger charge is -2.42. The van der Waals surface area contributed by atoms with Gasteiger partial charge in [0.2, 0.25) is 11.8 Å². The summed E-state index contributed by atoms with van der Waals surface area (Å²) in [5.74, 6) is 0.410. The van der Waals surface area contributed by atoms with Crippen molar-refractivity contribution >= 4 is 62.1 Å². The second-order valence-electron chi connectivity index (χ2n) is 5.51. The quantitative estimate of drug-likeness (QED) is 0.759. The van der Waals surface area contributed by atoms with Gasteiger partial charge >= 0.3 is 0 Å². The number of thiazole rings is 1. The number of likely N-dealkylation sites (tertiary alicyclic amines) is 1. The van der Waals surface area contributed by atoms with Crippen molar-refractivity contribution in [2.24, 2.45) is 0 Å². The van der Waals surface area contributed by atoms with Crippen LogP contribution in [0, 0.1) is 0 Å². The number of amides is 3. The van der Waals surface area contributed by atoms with E-state index < -0.39 is 0 Å². The van der Waals surface area contributed by atoms with Crippen molar-refractivity contribution in [1.29, 1.82) is 0 Å². The van der Waals surface area contributed by atoms with E-state index in [1.54, 1.807) is 16.2 Å². The normalized spacial score (nSPS) is 18.5. The molecule has 1 aromatic carbocycles. The summed E-state index contributed by atoms with van der Waals surface area (Å²) in [6.45, 7) is 0.883. The Labute approximate surface area is 150 Å². The zero-order valence-corrected chi connectivity index (χ0v) is 15.0. The Morgan fingerprint density at radius 1 is 1.29 bits per heavy atom. The van der Waals surface area contributed by atoms with E-state index in [2.05, 4.69) is 4.98 Å². The average molecular weight is 379 g/mol. The molecular weight excluding hydrogens is 366 g/mol. The lowest BCUT2D eigenvalue weighted by Crippen LogP contribution is -2.62. The monoisotopic (exact) mass is 379 g/mol. The lowest BCUT2D eigenvalue weighted by atomic mass is 10.1. The maximum Gasteiger partial charge on any atom is 0.289 e. The molecule has 2 fully saturated rings. The first-order valence-corrected chi connectivity index (χ1v) is 10.2. The first-order valence-electron chi connectivity index (χ1n) is 7.37. The fraction of sp³-hybridized carbons (Fsp3) is 0.333. The van der Waals surface area contributed by atoms with E-state index in [1.807, 2.05) is 24.3 Å². The summed E-state index contributed by atoms with van der Waals surface area (Å²) < 4.78 is 1.99. The minimum atomic E-state index is -0.194. The second kappa shape index (κ2) is 6.38. The van der Waals surface area contributed by atoms with Gasteiger partial charge in [0.05, 0.1) is 27.8 Å². The Kier molecular flexibility index (Phi) is 4.23. The molecule has 2 aliphatic heterocycles. The van der Waals surface area contributed by atoms with Gasteiger partial charge in [0.25, 0.3) is 5.24 Å². The van der Waals surface area contributed by atoms with Crippen LogP contribution in [0.4, 0.5) is 4.79 Å². The fourth-order valence-electron chi connectivity index (χ4n) is 2.67. The Balaban J connectivity index is 1.30. The minimum absolute atomic E-state index is 0.0160. The summed E-state index contributed by atoms with van der Waals surface area (Å²) in [7, 11) is 0. The van der Waals surface area contributed by atoms with Crippen molar-refractivity contribution in [3.8, 4) is 0 Å². The van der Waals surface area contributed by atoms with Gasteiger partial charge in [-0.15, -0.1) is 11.3 Å². The molecule has 0 N–H and O–H groups in total. The lowest BCUT2D eigenvalue weighted by molar-refractivity contribution is -0.139. The molecule has 0 atom stereocenters. The number of fused-ring (bicyclic) bond motifs is 1. The van der Waals surface area contributed by atoms with E-state index in [0.29, 0.717) is 18.8 Å². The summed E-state index contributed by atoms with van der Waals surface area (Å²) in [6, 6.07) is 7.73. The van der Waals surface area contributed by atoms with E-state index in [4.69, 9.17) is 0 Å². The molecule has 3 heterocycles. The van der Waals surface area contributed by atoms with Crippen LogP contribution in [0.1, 0.15) is 0 Å². The van der Waals surface area contributed by atoms with Crippen LogP contribution in [0.3, 0.4) is 0 Å². The third-order valence-electron chi connectivity index (χ3n) is 3.96. The van der Waals surface area contributed by atoms with Crippen LogP contribution in [0.2, 0.25) is 0 Å². The van der Waals surface area contributed by atoms with E-state index in [1.165, 1.54) is 16.7 Å². The summed E-state index contributed by atoms with van der Waals surface area (Å²) >= 11 is 4.04. The molecule has 9 heteroatoms. The molecule has 2 aromatic rings. The molecule has 0 saturated carbocycles. The molecule has 0 spiro atoms. The first-order chi connectivity index (χ1) is 11.6. The number of hydrogen-bond donors (Lipinski definition) is 0. The van der Waals surface area contributed by atoms with Gasteiger partial charge in [-0.2, -0.15) is 0 Å². The van der Waals surface area contributed by atoms with Crippen LogP contribution in [-0.2, 0) is 9.59 Å². The van der Waals surface area contributed by atoms with Crippen molar-refractivity contribution in [2.45, 2.75) is 10.4 Å². The average Bonchev–Trinajstić information content (AvgIpc) is 3.09. The van der Waals surface area contributed by atoms with E-state index in [9.17, 15) is 14.4 Å². The Hall–Kier alpha value is -1.58. The minimum Gasteiger partial charge on any atom is -0.338 e. The van der Waals surface area contributed by atoms with Gasteiger partial charge in [-0.05, 0) is 12.1 Å².